The van der Waals surface area contributed by atoms with Crippen molar-refractivity contribution in [3.05, 3.63) is 35.3 Å². The molecule has 0 spiro atoms. The van der Waals surface area contributed by atoms with Crippen molar-refractivity contribution in [2.24, 2.45) is 0 Å². The summed E-state index contributed by atoms with van der Waals surface area (Å²) in [4.78, 5) is 18.6. The lowest BCUT2D eigenvalue weighted by molar-refractivity contribution is 0.107. The van der Waals surface area contributed by atoms with E-state index in [9.17, 15) is 14.0 Å². The minimum Gasteiger partial charge on any atom is -0.461 e. The largest absolute Gasteiger partial charge is 0.461 e. The first-order valence-corrected chi connectivity index (χ1v) is 15.8. The molecular formula is C31H33F3N8OS. The van der Waals surface area contributed by atoms with E-state index in [-0.39, 0.29) is 45.2 Å². The number of halogens is 3. The van der Waals surface area contributed by atoms with Crippen LogP contribution in [0.3, 0.4) is 0 Å². The predicted molar refractivity (Wildman–Crippen MR) is 165 cm³/mol. The summed E-state index contributed by atoms with van der Waals surface area (Å²) in [6.45, 7) is 4.78. The fourth-order valence-corrected chi connectivity index (χ4v) is 8.16. The summed E-state index contributed by atoms with van der Waals surface area (Å²) in [5.41, 5.74) is 6.97. The van der Waals surface area contributed by atoms with Gasteiger partial charge in [-0.1, -0.05) is 6.92 Å². The number of fused-ring (bicyclic) bond motifs is 3. The van der Waals surface area contributed by atoms with E-state index in [0.717, 1.165) is 43.7 Å². The monoisotopic (exact) mass is 622 g/mol. The number of anilines is 2. The molecule has 4 aromatic rings. The van der Waals surface area contributed by atoms with Gasteiger partial charge in [0.05, 0.1) is 32.4 Å². The molecule has 13 heteroatoms. The third-order valence-corrected chi connectivity index (χ3v) is 10.4. The van der Waals surface area contributed by atoms with Crippen molar-refractivity contribution in [1.29, 1.82) is 5.26 Å². The Hall–Kier alpha value is -3.73. The number of hydrogen-bond acceptors (Lipinski definition) is 10. The number of hydrogen-bond donors (Lipinski definition) is 2. The van der Waals surface area contributed by atoms with Crippen LogP contribution in [0.5, 0.6) is 6.01 Å². The number of piperazine rings is 1. The molecule has 230 valence electrons. The van der Waals surface area contributed by atoms with Gasteiger partial charge >= 0.3 is 6.01 Å². The summed E-state index contributed by atoms with van der Waals surface area (Å²) >= 11 is 0.977. The number of alkyl halides is 2. The van der Waals surface area contributed by atoms with E-state index < -0.39 is 24.2 Å². The third-order valence-electron chi connectivity index (χ3n) is 9.40. The van der Waals surface area contributed by atoms with Crippen LogP contribution >= 0.6 is 11.3 Å². The number of thiophene rings is 1. The van der Waals surface area contributed by atoms with Crippen molar-refractivity contribution in [1.82, 2.24) is 25.2 Å². The van der Waals surface area contributed by atoms with Crippen LogP contribution in [0.4, 0.5) is 24.0 Å². The van der Waals surface area contributed by atoms with Gasteiger partial charge in [-0.3, -0.25) is 9.88 Å². The van der Waals surface area contributed by atoms with Gasteiger partial charge in [0.2, 0.25) is 0 Å². The van der Waals surface area contributed by atoms with Crippen LogP contribution in [-0.2, 0) is 6.67 Å². The number of ether oxygens (including phenoxy) is 1. The average Bonchev–Trinajstić information content (AvgIpc) is 3.68. The molecular weight excluding hydrogens is 589 g/mol. The van der Waals surface area contributed by atoms with Gasteiger partial charge in [0, 0.05) is 61.4 Å². The Kier molecular flexibility index (Phi) is 7.46. The van der Waals surface area contributed by atoms with Crippen molar-refractivity contribution in [2.75, 3.05) is 50.0 Å². The molecule has 44 heavy (non-hydrogen) atoms. The van der Waals surface area contributed by atoms with Gasteiger partial charge in [0.1, 0.15) is 42.2 Å². The summed E-state index contributed by atoms with van der Waals surface area (Å²) in [6.07, 6.45) is 3.85. The Morgan fingerprint density at radius 3 is 2.93 bits per heavy atom. The number of benzene rings is 1. The van der Waals surface area contributed by atoms with Crippen LogP contribution in [0.1, 0.15) is 43.7 Å². The van der Waals surface area contributed by atoms with Crippen LogP contribution in [0.2, 0.25) is 0 Å². The Labute approximate surface area is 256 Å². The van der Waals surface area contributed by atoms with E-state index in [1.165, 1.54) is 12.1 Å². The first-order valence-electron chi connectivity index (χ1n) is 15.0. The van der Waals surface area contributed by atoms with Crippen molar-refractivity contribution in [3.8, 4) is 23.3 Å². The molecule has 3 aliphatic rings. The maximum atomic E-state index is 15.2. The highest BCUT2D eigenvalue weighted by Gasteiger charge is 2.49. The minimum absolute atomic E-state index is 0.0937. The molecule has 6 heterocycles. The summed E-state index contributed by atoms with van der Waals surface area (Å²) in [7, 11) is 0. The zero-order valence-electron chi connectivity index (χ0n) is 24.4. The summed E-state index contributed by atoms with van der Waals surface area (Å²) < 4.78 is 50.9. The Morgan fingerprint density at radius 1 is 1.27 bits per heavy atom. The first kappa shape index (κ1) is 29.0. The van der Waals surface area contributed by atoms with Crippen LogP contribution in [0.25, 0.3) is 32.2 Å². The standard InChI is InChI=1S/C31H33F3N8OS/c1-2-18-15-41(9-7-37-18)29-22-13-38-25(19-4-5-23(34)27-24(19)21(12-35)28(36)44-27)20(11-32)26(22)39-30(40-29)43-16-31-6-3-8-42(31)14-17(33)10-31/h4-5,13,17-18,37H,2-3,6-11,14-16,36H2,1H3/t17-,18?,31+/m0/s1. The highest BCUT2D eigenvalue weighted by atomic mass is 32.1. The zero-order chi connectivity index (χ0) is 30.6. The van der Waals surface area contributed by atoms with Crippen molar-refractivity contribution < 1.29 is 17.9 Å². The van der Waals surface area contributed by atoms with Crippen molar-refractivity contribution >= 4 is 43.1 Å². The molecule has 3 N–H and O–H groups in total. The second-order valence-corrected chi connectivity index (χ2v) is 13.0. The number of pyridine rings is 1. The number of nitrogens with two attached hydrogens (primary N) is 1. The number of nitrogens with zero attached hydrogens (tertiary/aromatic N) is 6. The summed E-state index contributed by atoms with van der Waals surface area (Å²) in [5.74, 6) is 0.0767. The molecule has 1 unspecified atom stereocenters. The second kappa shape index (κ2) is 11.3. The zero-order valence-corrected chi connectivity index (χ0v) is 25.2. The van der Waals surface area contributed by atoms with Gasteiger partial charge in [-0.25, -0.2) is 13.2 Å². The molecule has 3 fully saturated rings. The van der Waals surface area contributed by atoms with E-state index in [4.69, 9.17) is 20.4 Å². The highest BCUT2D eigenvalue weighted by molar-refractivity contribution is 7.23. The quantitative estimate of drug-likeness (QED) is 0.290. The van der Waals surface area contributed by atoms with Gasteiger partial charge < -0.3 is 20.7 Å². The molecule has 1 aromatic carbocycles. The van der Waals surface area contributed by atoms with Gasteiger partial charge in [-0.05, 0) is 37.9 Å². The topological polar surface area (TPSA) is 116 Å². The molecule has 7 rings (SSSR count). The van der Waals surface area contributed by atoms with Gasteiger partial charge in [-0.2, -0.15) is 15.2 Å². The molecule has 0 saturated carbocycles. The third kappa shape index (κ3) is 4.71. The molecule has 9 nitrogen and oxygen atoms in total. The molecule has 3 aliphatic heterocycles. The van der Waals surface area contributed by atoms with Gasteiger partial charge in [0.15, 0.2) is 0 Å². The molecule has 0 radical (unpaired) electrons. The molecule has 0 aliphatic carbocycles. The Morgan fingerprint density at radius 2 is 2.14 bits per heavy atom. The van der Waals surface area contributed by atoms with Gasteiger partial charge in [0.25, 0.3) is 0 Å². The van der Waals surface area contributed by atoms with E-state index >= 15 is 4.39 Å². The predicted octanol–water partition coefficient (Wildman–Crippen LogP) is 5.11. The normalized spacial score (nSPS) is 23.8. The lowest BCUT2D eigenvalue weighted by atomic mass is 9.95. The SMILES string of the molecule is CCC1CN(c2nc(OC[C@]34CCCN3C[C@@H](F)C4)nc3c(CF)c(-c4ccc(F)c5sc(N)c(C#N)c45)ncc23)CCN1. The molecule has 3 aromatic heterocycles. The van der Waals surface area contributed by atoms with Crippen molar-refractivity contribution in [2.45, 2.75) is 57.0 Å². The molecule has 0 bridgehead atoms. The van der Waals surface area contributed by atoms with E-state index in [1.807, 2.05) is 0 Å². The number of nitrogens with one attached hydrogen (secondary N) is 1. The molecule has 0 amide bonds. The number of rotatable bonds is 7. The molecule has 3 atom stereocenters. The minimum atomic E-state index is -0.920. The Balaban J connectivity index is 1.39. The summed E-state index contributed by atoms with van der Waals surface area (Å²) in [5, 5.41) is 14.4. The number of aromatic nitrogens is 3. The van der Waals surface area contributed by atoms with E-state index in [0.29, 0.717) is 53.7 Å². The van der Waals surface area contributed by atoms with Crippen LogP contribution in [0, 0.1) is 17.1 Å². The maximum absolute atomic E-state index is 15.2. The Bertz CT molecular complexity index is 1790. The second-order valence-electron chi connectivity index (χ2n) is 11.9. The van der Waals surface area contributed by atoms with Gasteiger partial charge in [-0.15, -0.1) is 11.3 Å². The lowest BCUT2D eigenvalue weighted by Crippen LogP contribution is -2.50. The van der Waals surface area contributed by atoms with Crippen molar-refractivity contribution in [3.63, 3.8) is 0 Å². The smallest absolute Gasteiger partial charge is 0.319 e. The van der Waals surface area contributed by atoms with Crippen LogP contribution in [-0.4, -0.2) is 76.9 Å². The van der Waals surface area contributed by atoms with Crippen LogP contribution < -0.4 is 20.7 Å². The number of nitrogen functional groups attached to an aromatic ring is 1. The molecule has 3 saturated heterocycles. The highest BCUT2D eigenvalue weighted by Crippen LogP contribution is 2.44. The maximum Gasteiger partial charge on any atom is 0.319 e. The fourth-order valence-electron chi connectivity index (χ4n) is 7.21. The average molecular weight is 623 g/mol. The lowest BCUT2D eigenvalue weighted by Gasteiger charge is -2.35. The summed E-state index contributed by atoms with van der Waals surface area (Å²) in [6, 6.07) is 5.19. The van der Waals surface area contributed by atoms with Crippen LogP contribution in [0.15, 0.2) is 18.3 Å². The van der Waals surface area contributed by atoms with E-state index in [2.05, 4.69) is 33.1 Å². The fraction of sp³-hybridized carbons (Fsp3) is 0.484. The first-order chi connectivity index (χ1) is 21.4. The van der Waals surface area contributed by atoms with E-state index in [1.54, 1.807) is 6.20 Å². The number of nitriles is 1.